The molecule has 0 bridgehead atoms. The minimum Gasteiger partial charge on any atom is -0.496 e. The molecule has 1 aromatic heterocycles. The number of guanidine groups is 1. The van der Waals surface area contributed by atoms with Crippen LogP contribution in [0.5, 0.6) is 5.75 Å². The number of aryl methyl sites for hydroxylation is 1. The van der Waals surface area contributed by atoms with E-state index < -0.39 is 0 Å². The number of aliphatic imine (C=N–C) groups is 1. The summed E-state index contributed by atoms with van der Waals surface area (Å²) in [6.07, 6.45) is 5.47. The van der Waals surface area contributed by atoms with Crippen molar-refractivity contribution in [2.45, 2.75) is 53.5 Å². The maximum atomic E-state index is 5.44. The second-order valence-electron chi connectivity index (χ2n) is 5.38. The smallest absolute Gasteiger partial charge is 0.191 e. The molecule has 1 heterocycles. The predicted octanol–water partition coefficient (Wildman–Crippen LogP) is 2.95. The lowest BCUT2D eigenvalue weighted by atomic mass is 10.1. The summed E-state index contributed by atoms with van der Waals surface area (Å²) in [5, 5.41) is 6.63. The number of methoxy groups -OCH3 is 1. The van der Waals surface area contributed by atoms with Crippen molar-refractivity contribution in [3.63, 3.8) is 0 Å². The maximum Gasteiger partial charge on any atom is 0.191 e. The van der Waals surface area contributed by atoms with Crippen LogP contribution in [0.4, 0.5) is 0 Å². The molecule has 2 N–H and O–H groups in total. The highest BCUT2D eigenvalue weighted by Gasteiger charge is 2.09. The van der Waals surface area contributed by atoms with E-state index in [0.717, 1.165) is 48.0 Å². The van der Waals surface area contributed by atoms with Crippen LogP contribution in [0.2, 0.25) is 0 Å². The summed E-state index contributed by atoms with van der Waals surface area (Å²) in [7, 11) is 1.70. The first-order chi connectivity index (χ1) is 10.6. The number of nitrogens with zero attached hydrogens (tertiary/aromatic N) is 2. The van der Waals surface area contributed by atoms with Crippen LogP contribution in [0.15, 0.2) is 11.2 Å². The van der Waals surface area contributed by atoms with Gasteiger partial charge >= 0.3 is 0 Å². The van der Waals surface area contributed by atoms with Crippen LogP contribution < -0.4 is 15.4 Å². The number of aromatic nitrogens is 1. The molecule has 0 aliphatic heterocycles. The molecular weight excluding hydrogens is 276 g/mol. The van der Waals surface area contributed by atoms with Gasteiger partial charge < -0.3 is 15.4 Å². The fourth-order valence-corrected chi connectivity index (χ4v) is 2.31. The first-order valence-electron chi connectivity index (χ1n) is 8.15. The van der Waals surface area contributed by atoms with Gasteiger partial charge in [0.05, 0.1) is 19.3 Å². The van der Waals surface area contributed by atoms with E-state index in [1.54, 1.807) is 7.11 Å². The Morgan fingerprint density at radius 2 is 2.00 bits per heavy atom. The predicted molar refractivity (Wildman–Crippen MR) is 92.6 cm³/mol. The van der Waals surface area contributed by atoms with Crippen LogP contribution in [0.1, 0.15) is 49.9 Å². The summed E-state index contributed by atoms with van der Waals surface area (Å²) >= 11 is 0. The standard InChI is InChI=1S/C17H30N4O/c1-6-8-9-10-19-17(18-7-2)21-12-15-14(4)16(22-5)13(3)11-20-15/h11H,6-10,12H2,1-5H3,(H2,18,19,21). The molecule has 0 aliphatic carbocycles. The van der Waals surface area contributed by atoms with E-state index in [1.807, 2.05) is 20.0 Å². The molecule has 0 saturated carbocycles. The lowest BCUT2D eigenvalue weighted by Crippen LogP contribution is -2.37. The van der Waals surface area contributed by atoms with Crippen molar-refractivity contribution < 1.29 is 4.74 Å². The van der Waals surface area contributed by atoms with E-state index in [-0.39, 0.29) is 0 Å². The minimum atomic E-state index is 0.547. The minimum absolute atomic E-state index is 0.547. The molecule has 0 aromatic carbocycles. The van der Waals surface area contributed by atoms with Crippen LogP contribution >= 0.6 is 0 Å². The Morgan fingerprint density at radius 1 is 1.23 bits per heavy atom. The van der Waals surface area contributed by atoms with Gasteiger partial charge in [-0.05, 0) is 27.2 Å². The Labute approximate surface area is 134 Å². The summed E-state index contributed by atoms with van der Waals surface area (Å²) in [6, 6.07) is 0. The molecule has 0 aliphatic rings. The molecule has 0 radical (unpaired) electrons. The third-order valence-electron chi connectivity index (χ3n) is 3.55. The molecule has 22 heavy (non-hydrogen) atoms. The summed E-state index contributed by atoms with van der Waals surface area (Å²) in [5.74, 6) is 1.75. The molecule has 0 amide bonds. The van der Waals surface area contributed by atoms with Crippen molar-refractivity contribution in [1.29, 1.82) is 0 Å². The molecule has 0 atom stereocenters. The lowest BCUT2D eigenvalue weighted by Gasteiger charge is -2.13. The lowest BCUT2D eigenvalue weighted by molar-refractivity contribution is 0.407. The van der Waals surface area contributed by atoms with E-state index in [2.05, 4.69) is 34.5 Å². The second-order valence-corrected chi connectivity index (χ2v) is 5.38. The number of ether oxygens (including phenoxy) is 1. The Morgan fingerprint density at radius 3 is 2.64 bits per heavy atom. The number of hydrogen-bond donors (Lipinski definition) is 2. The number of unbranched alkanes of at least 4 members (excludes halogenated alkanes) is 2. The van der Waals surface area contributed by atoms with Crippen LogP contribution in [0.25, 0.3) is 0 Å². The zero-order valence-corrected chi connectivity index (χ0v) is 14.6. The van der Waals surface area contributed by atoms with Gasteiger partial charge in [0, 0.05) is 30.4 Å². The first kappa shape index (κ1) is 18.3. The van der Waals surface area contributed by atoms with Gasteiger partial charge in [0.2, 0.25) is 0 Å². The number of hydrogen-bond acceptors (Lipinski definition) is 3. The van der Waals surface area contributed by atoms with Gasteiger partial charge in [-0.25, -0.2) is 4.99 Å². The van der Waals surface area contributed by atoms with E-state index in [0.29, 0.717) is 6.54 Å². The fourth-order valence-electron chi connectivity index (χ4n) is 2.31. The van der Waals surface area contributed by atoms with Crippen LogP contribution in [-0.2, 0) is 6.54 Å². The van der Waals surface area contributed by atoms with Crippen molar-refractivity contribution in [1.82, 2.24) is 15.6 Å². The summed E-state index contributed by atoms with van der Waals surface area (Å²) < 4.78 is 5.44. The first-order valence-corrected chi connectivity index (χ1v) is 8.15. The van der Waals surface area contributed by atoms with Crippen LogP contribution in [-0.4, -0.2) is 31.1 Å². The summed E-state index contributed by atoms with van der Waals surface area (Å²) in [4.78, 5) is 9.11. The molecule has 124 valence electrons. The highest BCUT2D eigenvalue weighted by Crippen LogP contribution is 2.24. The summed E-state index contributed by atoms with van der Waals surface area (Å²) in [5.41, 5.74) is 3.07. The van der Waals surface area contributed by atoms with Gasteiger partial charge in [0.1, 0.15) is 5.75 Å². The van der Waals surface area contributed by atoms with Gasteiger partial charge in [-0.2, -0.15) is 0 Å². The normalized spacial score (nSPS) is 11.4. The molecule has 0 fully saturated rings. The average Bonchev–Trinajstić information content (AvgIpc) is 2.51. The van der Waals surface area contributed by atoms with Crippen molar-refractivity contribution >= 4 is 5.96 Å². The zero-order chi connectivity index (χ0) is 16.4. The molecule has 1 aromatic rings. The Balaban J connectivity index is 2.73. The van der Waals surface area contributed by atoms with Crippen LogP contribution in [0.3, 0.4) is 0 Å². The van der Waals surface area contributed by atoms with Crippen molar-refractivity contribution in [3.05, 3.63) is 23.0 Å². The molecule has 0 unspecified atom stereocenters. The number of rotatable bonds is 8. The summed E-state index contributed by atoms with van der Waals surface area (Å²) in [6.45, 7) is 10.7. The topological polar surface area (TPSA) is 58.5 Å². The van der Waals surface area contributed by atoms with Gasteiger partial charge in [-0.15, -0.1) is 0 Å². The van der Waals surface area contributed by atoms with Gasteiger partial charge in [-0.1, -0.05) is 19.8 Å². The van der Waals surface area contributed by atoms with Crippen molar-refractivity contribution in [2.75, 3.05) is 20.2 Å². The van der Waals surface area contributed by atoms with E-state index >= 15 is 0 Å². The quantitative estimate of drug-likeness (QED) is 0.440. The Kier molecular flexibility index (Phi) is 8.33. The third-order valence-corrected chi connectivity index (χ3v) is 3.55. The fraction of sp³-hybridized carbons (Fsp3) is 0.647. The number of pyridine rings is 1. The molecule has 5 heteroatoms. The SMILES string of the molecule is CCCCCNC(=NCc1ncc(C)c(OC)c1C)NCC. The second kappa shape index (κ2) is 10.0. The molecule has 1 rings (SSSR count). The van der Waals surface area contributed by atoms with Crippen molar-refractivity contribution in [2.24, 2.45) is 4.99 Å². The van der Waals surface area contributed by atoms with E-state index in [4.69, 9.17) is 4.74 Å². The van der Waals surface area contributed by atoms with Crippen LogP contribution in [0, 0.1) is 13.8 Å². The van der Waals surface area contributed by atoms with Gasteiger partial charge in [0.25, 0.3) is 0 Å². The maximum absolute atomic E-state index is 5.44. The molecule has 5 nitrogen and oxygen atoms in total. The number of nitrogens with one attached hydrogen (secondary N) is 2. The molecule has 0 spiro atoms. The largest absolute Gasteiger partial charge is 0.496 e. The van der Waals surface area contributed by atoms with Gasteiger partial charge in [0.15, 0.2) is 5.96 Å². The molecular formula is C17H30N4O. The highest BCUT2D eigenvalue weighted by molar-refractivity contribution is 5.79. The van der Waals surface area contributed by atoms with E-state index in [1.165, 1.54) is 12.8 Å². The average molecular weight is 306 g/mol. The highest BCUT2D eigenvalue weighted by atomic mass is 16.5. The Hall–Kier alpha value is -1.78. The third kappa shape index (κ3) is 5.54. The molecule has 0 saturated heterocycles. The Bertz CT molecular complexity index is 486. The van der Waals surface area contributed by atoms with E-state index in [9.17, 15) is 0 Å². The van der Waals surface area contributed by atoms with Crippen molar-refractivity contribution in [3.8, 4) is 5.75 Å². The van der Waals surface area contributed by atoms with Gasteiger partial charge in [-0.3, -0.25) is 4.98 Å². The monoisotopic (exact) mass is 306 g/mol. The zero-order valence-electron chi connectivity index (χ0n) is 14.6.